The maximum absolute atomic E-state index is 11.4. The van der Waals surface area contributed by atoms with Crippen LogP contribution in [0.3, 0.4) is 0 Å². The Bertz CT molecular complexity index is 568. The van der Waals surface area contributed by atoms with E-state index in [0.29, 0.717) is 13.2 Å². The van der Waals surface area contributed by atoms with Crippen molar-refractivity contribution in [1.82, 2.24) is 10.3 Å². The predicted molar refractivity (Wildman–Crippen MR) is 78.0 cm³/mol. The fourth-order valence-electron chi connectivity index (χ4n) is 1.65. The summed E-state index contributed by atoms with van der Waals surface area (Å²) in [6, 6.07) is 5.79. The highest BCUT2D eigenvalue weighted by atomic mass is 32.1. The molecule has 2 N–H and O–H groups in total. The number of carbonyl (C=O) groups excluding carboxylic acids is 1. The Hall–Kier alpha value is -1.82. The normalized spacial score (nSPS) is 10.4. The number of carbonyl (C=O) groups is 1. The van der Waals surface area contributed by atoms with Crippen LogP contribution in [-0.2, 0) is 4.79 Å². The van der Waals surface area contributed by atoms with E-state index in [1.165, 1.54) is 11.3 Å². The third-order valence-electron chi connectivity index (χ3n) is 2.45. The lowest BCUT2D eigenvalue weighted by Gasteiger charge is -2.01. The molecule has 2 aromatic rings. The fraction of sp³-hybridized carbons (Fsp3) is 0.385. The van der Waals surface area contributed by atoms with Crippen LogP contribution in [0.15, 0.2) is 18.2 Å². The molecule has 0 radical (unpaired) electrons. The first-order valence-electron chi connectivity index (χ1n) is 6.27. The molecule has 0 aliphatic heterocycles. The lowest BCUT2D eigenvalue weighted by molar-refractivity contribution is -0.119. The van der Waals surface area contributed by atoms with Crippen molar-refractivity contribution < 1.29 is 9.53 Å². The Kier molecular flexibility index (Phi) is 4.57. The quantitative estimate of drug-likeness (QED) is 0.851. The summed E-state index contributed by atoms with van der Waals surface area (Å²) in [6.45, 7) is 5.37. The molecule has 0 saturated carbocycles. The average Bonchev–Trinajstić information content (AvgIpc) is 2.79. The smallest absolute Gasteiger partial charge is 0.239 e. The van der Waals surface area contributed by atoms with E-state index in [9.17, 15) is 4.79 Å². The molecule has 0 aliphatic rings. The molecule has 0 saturated heterocycles. The number of thiazole rings is 1. The van der Waals surface area contributed by atoms with Gasteiger partial charge >= 0.3 is 0 Å². The number of hydrogen-bond donors (Lipinski definition) is 2. The molecule has 1 aromatic heterocycles. The van der Waals surface area contributed by atoms with Crippen molar-refractivity contribution in [2.75, 3.05) is 25.0 Å². The number of nitrogens with one attached hydrogen (secondary N) is 2. The van der Waals surface area contributed by atoms with Gasteiger partial charge in [-0.3, -0.25) is 4.79 Å². The van der Waals surface area contributed by atoms with Crippen LogP contribution < -0.4 is 15.4 Å². The predicted octanol–water partition coefficient (Wildman–Crippen LogP) is 2.24. The minimum Gasteiger partial charge on any atom is -0.494 e. The summed E-state index contributed by atoms with van der Waals surface area (Å²) in [4.78, 5) is 15.8. The van der Waals surface area contributed by atoms with Crippen molar-refractivity contribution in [3.63, 3.8) is 0 Å². The van der Waals surface area contributed by atoms with Gasteiger partial charge in [0.15, 0.2) is 5.13 Å². The van der Waals surface area contributed by atoms with E-state index < -0.39 is 0 Å². The molecule has 0 unspecified atom stereocenters. The molecule has 0 atom stereocenters. The highest BCUT2D eigenvalue weighted by Crippen LogP contribution is 2.29. The van der Waals surface area contributed by atoms with E-state index in [0.717, 1.165) is 21.1 Å². The first-order valence-corrected chi connectivity index (χ1v) is 7.08. The standard InChI is InChI=1S/C13H17N3O2S/c1-3-14-12(17)8-15-13-16-10-6-5-9(18-4-2)7-11(10)19-13/h5-7H,3-4,8H2,1-2H3,(H,14,17)(H,15,16). The Morgan fingerprint density at radius 1 is 1.42 bits per heavy atom. The van der Waals surface area contributed by atoms with Gasteiger partial charge in [0.2, 0.25) is 5.91 Å². The van der Waals surface area contributed by atoms with Crippen LogP contribution in [0.2, 0.25) is 0 Å². The van der Waals surface area contributed by atoms with Crippen LogP contribution in [0.1, 0.15) is 13.8 Å². The summed E-state index contributed by atoms with van der Waals surface area (Å²) in [6.07, 6.45) is 0. The number of rotatable bonds is 6. The van der Waals surface area contributed by atoms with Gasteiger partial charge in [-0.2, -0.15) is 0 Å². The molecular formula is C13H17N3O2S. The maximum Gasteiger partial charge on any atom is 0.239 e. The largest absolute Gasteiger partial charge is 0.494 e. The van der Waals surface area contributed by atoms with Crippen molar-refractivity contribution in [2.45, 2.75) is 13.8 Å². The van der Waals surface area contributed by atoms with Crippen molar-refractivity contribution in [3.05, 3.63) is 18.2 Å². The zero-order valence-electron chi connectivity index (χ0n) is 11.0. The Labute approximate surface area is 116 Å². The van der Waals surface area contributed by atoms with Gasteiger partial charge in [-0.1, -0.05) is 11.3 Å². The van der Waals surface area contributed by atoms with E-state index in [1.54, 1.807) is 0 Å². The molecule has 102 valence electrons. The molecule has 0 aliphatic carbocycles. The van der Waals surface area contributed by atoms with Gasteiger partial charge in [0.05, 0.1) is 23.4 Å². The van der Waals surface area contributed by atoms with Crippen LogP contribution in [0.4, 0.5) is 5.13 Å². The number of ether oxygens (including phenoxy) is 1. The molecule has 0 fully saturated rings. The second kappa shape index (κ2) is 6.38. The van der Waals surface area contributed by atoms with Gasteiger partial charge in [0.25, 0.3) is 0 Å². The third kappa shape index (κ3) is 3.57. The summed E-state index contributed by atoms with van der Waals surface area (Å²) in [7, 11) is 0. The topological polar surface area (TPSA) is 63.2 Å². The van der Waals surface area contributed by atoms with Crippen LogP contribution in [0.25, 0.3) is 10.2 Å². The maximum atomic E-state index is 11.4. The van der Waals surface area contributed by atoms with Gasteiger partial charge in [-0.15, -0.1) is 0 Å². The van der Waals surface area contributed by atoms with Crippen molar-refractivity contribution >= 4 is 32.6 Å². The first kappa shape index (κ1) is 13.6. The van der Waals surface area contributed by atoms with Crippen molar-refractivity contribution in [2.24, 2.45) is 0 Å². The number of benzene rings is 1. The number of likely N-dealkylation sites (N-methyl/N-ethyl adjacent to an activating group) is 1. The lowest BCUT2D eigenvalue weighted by atomic mass is 10.3. The second-order valence-electron chi connectivity index (χ2n) is 3.89. The van der Waals surface area contributed by atoms with E-state index in [-0.39, 0.29) is 12.5 Å². The van der Waals surface area contributed by atoms with Gasteiger partial charge in [-0.25, -0.2) is 4.98 Å². The molecular weight excluding hydrogens is 262 g/mol. The molecule has 5 nitrogen and oxygen atoms in total. The van der Waals surface area contributed by atoms with Gasteiger partial charge < -0.3 is 15.4 Å². The molecule has 6 heteroatoms. The number of aromatic nitrogens is 1. The summed E-state index contributed by atoms with van der Waals surface area (Å²) < 4.78 is 6.49. The molecule has 19 heavy (non-hydrogen) atoms. The number of anilines is 1. The van der Waals surface area contributed by atoms with Crippen LogP contribution in [0, 0.1) is 0 Å². The summed E-state index contributed by atoms with van der Waals surface area (Å²) in [5.41, 5.74) is 0.909. The number of amides is 1. The van der Waals surface area contributed by atoms with Crippen LogP contribution in [-0.4, -0.2) is 30.6 Å². The molecule has 0 bridgehead atoms. The lowest BCUT2D eigenvalue weighted by Crippen LogP contribution is -2.29. The van der Waals surface area contributed by atoms with E-state index in [4.69, 9.17) is 4.74 Å². The molecule has 1 aromatic carbocycles. The monoisotopic (exact) mass is 279 g/mol. The first-order chi connectivity index (χ1) is 9.22. The Morgan fingerprint density at radius 3 is 3.00 bits per heavy atom. The number of nitrogens with zero attached hydrogens (tertiary/aromatic N) is 1. The average molecular weight is 279 g/mol. The molecule has 2 rings (SSSR count). The molecule has 0 spiro atoms. The van der Waals surface area contributed by atoms with Crippen LogP contribution in [0.5, 0.6) is 5.75 Å². The minimum absolute atomic E-state index is 0.0308. The highest BCUT2D eigenvalue weighted by molar-refractivity contribution is 7.22. The van der Waals surface area contributed by atoms with E-state index >= 15 is 0 Å². The minimum atomic E-state index is -0.0308. The Morgan fingerprint density at radius 2 is 2.26 bits per heavy atom. The van der Waals surface area contributed by atoms with Crippen LogP contribution >= 0.6 is 11.3 Å². The Balaban J connectivity index is 2.06. The SMILES string of the molecule is CCNC(=O)CNc1nc2ccc(OCC)cc2s1. The zero-order valence-corrected chi connectivity index (χ0v) is 11.8. The van der Waals surface area contributed by atoms with Crippen molar-refractivity contribution in [3.8, 4) is 5.75 Å². The third-order valence-corrected chi connectivity index (χ3v) is 3.42. The highest BCUT2D eigenvalue weighted by Gasteiger charge is 2.06. The summed E-state index contributed by atoms with van der Waals surface area (Å²) in [5, 5.41) is 6.50. The summed E-state index contributed by atoms with van der Waals surface area (Å²) in [5.74, 6) is 0.811. The van der Waals surface area contributed by atoms with Crippen molar-refractivity contribution in [1.29, 1.82) is 0 Å². The molecule has 1 heterocycles. The fourth-order valence-corrected chi connectivity index (χ4v) is 2.54. The van der Waals surface area contributed by atoms with E-state index in [1.807, 2.05) is 32.0 Å². The molecule has 1 amide bonds. The van der Waals surface area contributed by atoms with Gasteiger partial charge in [-0.05, 0) is 32.0 Å². The van der Waals surface area contributed by atoms with Gasteiger partial charge in [0.1, 0.15) is 5.75 Å². The van der Waals surface area contributed by atoms with Gasteiger partial charge in [0, 0.05) is 6.54 Å². The number of hydrogen-bond acceptors (Lipinski definition) is 5. The number of fused-ring (bicyclic) bond motifs is 1. The second-order valence-corrected chi connectivity index (χ2v) is 4.92. The summed E-state index contributed by atoms with van der Waals surface area (Å²) >= 11 is 1.52. The van der Waals surface area contributed by atoms with E-state index in [2.05, 4.69) is 15.6 Å². The zero-order chi connectivity index (χ0) is 13.7.